The van der Waals surface area contributed by atoms with Gasteiger partial charge in [-0.3, -0.25) is 4.79 Å². The smallest absolute Gasteiger partial charge is 0.198 e. The van der Waals surface area contributed by atoms with Crippen molar-refractivity contribution in [1.29, 1.82) is 0 Å². The second-order valence-electron chi connectivity index (χ2n) is 4.73. The summed E-state index contributed by atoms with van der Waals surface area (Å²) in [4.78, 5) is 12.8. The number of carbonyl (C=O) groups is 1. The van der Waals surface area contributed by atoms with E-state index >= 15 is 0 Å². The zero-order chi connectivity index (χ0) is 14.9. The van der Waals surface area contributed by atoms with Crippen LogP contribution in [0.1, 0.15) is 27.0 Å². The van der Waals surface area contributed by atoms with E-state index < -0.39 is 0 Å². The third kappa shape index (κ3) is 2.70. The number of hydrogen-bond donors (Lipinski definition) is 1. The number of benzene rings is 2. The van der Waals surface area contributed by atoms with E-state index in [2.05, 4.69) is 15.9 Å². The molecule has 0 saturated heterocycles. The minimum absolute atomic E-state index is 0.0986. The Labute approximate surface area is 126 Å². The topological polar surface area (TPSA) is 52.3 Å². The normalized spacial score (nSPS) is 10.4. The van der Waals surface area contributed by atoms with Crippen LogP contribution in [-0.4, -0.2) is 12.9 Å². The molecule has 104 valence electrons. The Balaban J connectivity index is 2.62. The van der Waals surface area contributed by atoms with Crippen LogP contribution in [0.25, 0.3) is 0 Å². The SMILES string of the molecule is COc1cc(C)cc(C)c1C(=O)c1cc(N)ccc1Br. The first-order chi connectivity index (χ1) is 9.43. The van der Waals surface area contributed by atoms with Crippen LogP contribution in [0.3, 0.4) is 0 Å². The lowest BCUT2D eigenvalue weighted by molar-refractivity contribution is 0.103. The lowest BCUT2D eigenvalue weighted by Gasteiger charge is -2.13. The number of anilines is 1. The van der Waals surface area contributed by atoms with Crippen LogP contribution < -0.4 is 10.5 Å². The van der Waals surface area contributed by atoms with Gasteiger partial charge in [-0.15, -0.1) is 0 Å². The first-order valence-corrected chi connectivity index (χ1v) is 6.98. The van der Waals surface area contributed by atoms with E-state index in [1.54, 1.807) is 25.3 Å². The summed E-state index contributed by atoms with van der Waals surface area (Å²) in [6.45, 7) is 3.88. The average Bonchev–Trinajstić information content (AvgIpc) is 2.40. The maximum absolute atomic E-state index is 12.8. The number of nitrogen functional groups attached to an aromatic ring is 1. The minimum Gasteiger partial charge on any atom is -0.496 e. The van der Waals surface area contributed by atoms with Gasteiger partial charge in [-0.05, 0) is 49.2 Å². The summed E-state index contributed by atoms with van der Waals surface area (Å²) in [6, 6.07) is 9.03. The van der Waals surface area contributed by atoms with E-state index in [-0.39, 0.29) is 5.78 Å². The van der Waals surface area contributed by atoms with Crippen LogP contribution >= 0.6 is 15.9 Å². The first-order valence-electron chi connectivity index (χ1n) is 6.19. The number of halogens is 1. The van der Waals surface area contributed by atoms with Crippen molar-refractivity contribution in [3.63, 3.8) is 0 Å². The van der Waals surface area contributed by atoms with Crippen molar-refractivity contribution in [3.8, 4) is 5.75 Å². The monoisotopic (exact) mass is 333 g/mol. The van der Waals surface area contributed by atoms with Crippen molar-refractivity contribution in [2.75, 3.05) is 12.8 Å². The van der Waals surface area contributed by atoms with Crippen molar-refractivity contribution in [2.24, 2.45) is 0 Å². The number of nitrogens with two attached hydrogens (primary N) is 1. The molecule has 0 saturated carbocycles. The van der Waals surface area contributed by atoms with Crippen LogP contribution in [0.5, 0.6) is 5.75 Å². The highest BCUT2D eigenvalue weighted by molar-refractivity contribution is 9.10. The van der Waals surface area contributed by atoms with Crippen molar-refractivity contribution >= 4 is 27.4 Å². The van der Waals surface area contributed by atoms with Crippen molar-refractivity contribution in [3.05, 3.63) is 57.1 Å². The molecule has 2 aromatic carbocycles. The van der Waals surface area contributed by atoms with Crippen molar-refractivity contribution in [2.45, 2.75) is 13.8 Å². The Morgan fingerprint density at radius 3 is 2.55 bits per heavy atom. The van der Waals surface area contributed by atoms with Crippen molar-refractivity contribution < 1.29 is 9.53 Å². The zero-order valence-corrected chi connectivity index (χ0v) is 13.2. The highest BCUT2D eigenvalue weighted by Crippen LogP contribution is 2.30. The maximum Gasteiger partial charge on any atom is 0.198 e. The fourth-order valence-corrected chi connectivity index (χ4v) is 2.66. The zero-order valence-electron chi connectivity index (χ0n) is 11.7. The van der Waals surface area contributed by atoms with Crippen LogP contribution in [0.15, 0.2) is 34.8 Å². The van der Waals surface area contributed by atoms with Gasteiger partial charge in [-0.25, -0.2) is 0 Å². The molecule has 0 spiro atoms. The van der Waals surface area contributed by atoms with Gasteiger partial charge in [-0.1, -0.05) is 22.0 Å². The molecule has 2 N–H and O–H groups in total. The van der Waals surface area contributed by atoms with E-state index in [0.29, 0.717) is 22.6 Å². The second-order valence-corrected chi connectivity index (χ2v) is 5.58. The summed E-state index contributed by atoms with van der Waals surface area (Å²) >= 11 is 3.40. The van der Waals surface area contributed by atoms with Gasteiger partial charge in [0.15, 0.2) is 5.78 Å². The predicted octanol–water partition coefficient (Wildman–Crippen LogP) is 3.89. The van der Waals surface area contributed by atoms with Gasteiger partial charge in [0.1, 0.15) is 5.75 Å². The Bertz CT molecular complexity index is 680. The Morgan fingerprint density at radius 2 is 1.90 bits per heavy atom. The van der Waals surface area contributed by atoms with Crippen LogP contribution in [-0.2, 0) is 0 Å². The van der Waals surface area contributed by atoms with Gasteiger partial charge >= 0.3 is 0 Å². The third-order valence-corrected chi connectivity index (χ3v) is 3.82. The lowest BCUT2D eigenvalue weighted by atomic mass is 9.96. The van der Waals surface area contributed by atoms with Gasteiger partial charge < -0.3 is 10.5 Å². The molecule has 4 heteroatoms. The molecule has 2 aromatic rings. The molecule has 0 aliphatic carbocycles. The summed E-state index contributed by atoms with van der Waals surface area (Å²) in [6.07, 6.45) is 0. The summed E-state index contributed by atoms with van der Waals surface area (Å²) < 4.78 is 6.07. The molecular formula is C16H16BrNO2. The van der Waals surface area contributed by atoms with Crippen LogP contribution in [0.4, 0.5) is 5.69 Å². The van der Waals surface area contributed by atoms with Gasteiger partial charge in [0.25, 0.3) is 0 Å². The molecular weight excluding hydrogens is 318 g/mol. The van der Waals surface area contributed by atoms with Gasteiger partial charge in [0, 0.05) is 15.7 Å². The summed E-state index contributed by atoms with van der Waals surface area (Å²) in [5, 5.41) is 0. The summed E-state index contributed by atoms with van der Waals surface area (Å²) in [7, 11) is 1.57. The van der Waals surface area contributed by atoms with E-state index in [4.69, 9.17) is 10.5 Å². The van der Waals surface area contributed by atoms with E-state index in [9.17, 15) is 4.79 Å². The molecule has 0 aliphatic rings. The molecule has 0 radical (unpaired) electrons. The Kier molecular flexibility index (Phi) is 4.14. The first kappa shape index (κ1) is 14.6. The van der Waals surface area contributed by atoms with Crippen LogP contribution in [0, 0.1) is 13.8 Å². The highest BCUT2D eigenvalue weighted by atomic mass is 79.9. The Hall–Kier alpha value is -1.81. The molecule has 0 aliphatic heterocycles. The average molecular weight is 334 g/mol. The number of methoxy groups -OCH3 is 1. The third-order valence-electron chi connectivity index (χ3n) is 3.13. The molecule has 0 bridgehead atoms. The number of carbonyl (C=O) groups excluding carboxylic acids is 1. The van der Waals surface area contributed by atoms with Gasteiger partial charge in [0.2, 0.25) is 0 Å². The fourth-order valence-electron chi connectivity index (χ4n) is 2.23. The molecule has 0 aromatic heterocycles. The molecule has 0 atom stereocenters. The molecule has 3 nitrogen and oxygen atoms in total. The number of aryl methyl sites for hydroxylation is 2. The fraction of sp³-hybridized carbons (Fsp3) is 0.188. The van der Waals surface area contributed by atoms with Crippen LogP contribution in [0.2, 0.25) is 0 Å². The van der Waals surface area contributed by atoms with E-state index in [1.165, 1.54) is 0 Å². The minimum atomic E-state index is -0.0986. The van der Waals surface area contributed by atoms with Gasteiger partial charge in [-0.2, -0.15) is 0 Å². The summed E-state index contributed by atoms with van der Waals surface area (Å²) in [5.74, 6) is 0.486. The molecule has 0 unspecified atom stereocenters. The van der Waals surface area contributed by atoms with E-state index in [0.717, 1.165) is 15.6 Å². The number of ketones is 1. The number of ether oxygens (including phenoxy) is 1. The summed E-state index contributed by atoms with van der Waals surface area (Å²) in [5.41, 5.74) is 9.39. The molecule has 2 rings (SSSR count). The lowest BCUT2D eigenvalue weighted by Crippen LogP contribution is -2.08. The second kappa shape index (κ2) is 5.67. The molecule has 0 fully saturated rings. The largest absolute Gasteiger partial charge is 0.496 e. The maximum atomic E-state index is 12.8. The highest BCUT2D eigenvalue weighted by Gasteiger charge is 2.20. The molecule has 20 heavy (non-hydrogen) atoms. The van der Waals surface area contributed by atoms with Gasteiger partial charge in [0.05, 0.1) is 12.7 Å². The number of hydrogen-bond acceptors (Lipinski definition) is 3. The van der Waals surface area contributed by atoms with Crippen molar-refractivity contribution in [1.82, 2.24) is 0 Å². The number of rotatable bonds is 3. The standard InChI is InChI=1S/C16H16BrNO2/c1-9-6-10(2)15(14(7-9)20-3)16(19)12-8-11(18)4-5-13(12)17/h4-8H,18H2,1-3H3. The van der Waals surface area contributed by atoms with E-state index in [1.807, 2.05) is 26.0 Å². The molecule has 0 amide bonds. The Morgan fingerprint density at radius 1 is 1.20 bits per heavy atom. The predicted molar refractivity (Wildman–Crippen MR) is 84.5 cm³/mol. The quantitative estimate of drug-likeness (QED) is 0.684. The molecule has 0 heterocycles.